The van der Waals surface area contributed by atoms with Crippen LogP contribution in [0.25, 0.3) is 0 Å². The predicted molar refractivity (Wildman–Crippen MR) is 71.5 cm³/mol. The van der Waals surface area contributed by atoms with Crippen molar-refractivity contribution in [3.63, 3.8) is 0 Å². The van der Waals surface area contributed by atoms with E-state index in [-0.39, 0.29) is 29.6 Å². The fourth-order valence-electron chi connectivity index (χ4n) is 2.11. The average Bonchev–Trinajstić information content (AvgIpc) is 2.27. The third-order valence-electron chi connectivity index (χ3n) is 3.28. The fraction of sp³-hybridized carbons (Fsp3) is 0.917. The molecule has 4 nitrogen and oxygen atoms in total. The van der Waals surface area contributed by atoms with Gasteiger partial charge in [0.15, 0.2) is 0 Å². The summed E-state index contributed by atoms with van der Waals surface area (Å²) in [4.78, 5) is 11.6. The van der Waals surface area contributed by atoms with Crippen LogP contribution in [0.1, 0.15) is 26.7 Å². The van der Waals surface area contributed by atoms with E-state index in [4.69, 9.17) is 4.74 Å². The molecule has 0 aromatic rings. The molecule has 0 saturated carbocycles. The van der Waals surface area contributed by atoms with Gasteiger partial charge in [0.05, 0.1) is 6.61 Å². The van der Waals surface area contributed by atoms with Gasteiger partial charge in [0.25, 0.3) is 0 Å². The Morgan fingerprint density at radius 3 is 2.47 bits per heavy atom. The van der Waals surface area contributed by atoms with Gasteiger partial charge in [0.2, 0.25) is 5.91 Å². The Balaban J connectivity index is 0.00000256. The third kappa shape index (κ3) is 5.23. The number of methoxy groups -OCH3 is 1. The number of carbonyl (C=O) groups is 1. The van der Waals surface area contributed by atoms with Crippen LogP contribution in [0, 0.1) is 11.3 Å². The van der Waals surface area contributed by atoms with Crippen LogP contribution in [-0.4, -0.2) is 39.3 Å². The monoisotopic (exact) mass is 264 g/mol. The van der Waals surface area contributed by atoms with Crippen molar-refractivity contribution in [2.75, 3.05) is 33.4 Å². The topological polar surface area (TPSA) is 50.4 Å². The Labute approximate surface area is 110 Å². The molecule has 2 N–H and O–H groups in total. The maximum atomic E-state index is 11.6. The van der Waals surface area contributed by atoms with Crippen LogP contribution in [0.3, 0.4) is 0 Å². The number of amides is 1. The minimum Gasteiger partial charge on any atom is -0.384 e. The molecule has 1 fully saturated rings. The standard InChI is InChI=1S/C12H24N2O2.ClH/c1-10(2)11(15)14-8-12(9-16-3)4-6-13-7-5-12;/h10,13H,4-9H2,1-3H3,(H,14,15);1H. The van der Waals surface area contributed by atoms with Crippen molar-refractivity contribution in [3.05, 3.63) is 0 Å². The summed E-state index contributed by atoms with van der Waals surface area (Å²) in [5, 5.41) is 6.37. The van der Waals surface area contributed by atoms with Crippen molar-refractivity contribution >= 4 is 18.3 Å². The van der Waals surface area contributed by atoms with Gasteiger partial charge in [-0.05, 0) is 25.9 Å². The van der Waals surface area contributed by atoms with Gasteiger partial charge in [0, 0.05) is 25.0 Å². The lowest BCUT2D eigenvalue weighted by Crippen LogP contribution is -2.47. The predicted octanol–water partition coefficient (Wildman–Crippen LogP) is 1.20. The van der Waals surface area contributed by atoms with Crippen LogP contribution in [-0.2, 0) is 9.53 Å². The molecule has 1 amide bonds. The Hall–Kier alpha value is -0.320. The molecule has 0 aliphatic carbocycles. The van der Waals surface area contributed by atoms with Gasteiger partial charge in [0.1, 0.15) is 0 Å². The Morgan fingerprint density at radius 2 is 2.00 bits per heavy atom. The zero-order chi connectivity index (χ0) is 12.0. The number of halogens is 1. The highest BCUT2D eigenvalue weighted by Gasteiger charge is 2.32. The second-order valence-corrected chi connectivity index (χ2v) is 5.06. The highest BCUT2D eigenvalue weighted by molar-refractivity contribution is 5.85. The number of piperidine rings is 1. The molecule has 0 aromatic carbocycles. The van der Waals surface area contributed by atoms with E-state index >= 15 is 0 Å². The third-order valence-corrected chi connectivity index (χ3v) is 3.28. The first-order chi connectivity index (χ1) is 7.59. The minimum absolute atomic E-state index is 0. The van der Waals surface area contributed by atoms with Crippen molar-refractivity contribution in [2.45, 2.75) is 26.7 Å². The fourth-order valence-corrected chi connectivity index (χ4v) is 2.11. The maximum absolute atomic E-state index is 11.6. The van der Waals surface area contributed by atoms with Crippen LogP contribution in [0.5, 0.6) is 0 Å². The number of nitrogens with one attached hydrogen (secondary N) is 2. The van der Waals surface area contributed by atoms with Gasteiger partial charge < -0.3 is 15.4 Å². The summed E-state index contributed by atoms with van der Waals surface area (Å²) >= 11 is 0. The first-order valence-electron chi connectivity index (χ1n) is 6.07. The molecule has 5 heteroatoms. The molecule has 0 radical (unpaired) electrons. The molecular weight excluding hydrogens is 240 g/mol. The number of rotatable bonds is 5. The average molecular weight is 265 g/mol. The summed E-state index contributed by atoms with van der Waals surface area (Å²) in [6.07, 6.45) is 2.14. The summed E-state index contributed by atoms with van der Waals surface area (Å²) < 4.78 is 5.30. The Bertz CT molecular complexity index is 223. The van der Waals surface area contributed by atoms with Crippen molar-refractivity contribution in [1.29, 1.82) is 0 Å². The molecule has 0 spiro atoms. The van der Waals surface area contributed by atoms with E-state index in [1.54, 1.807) is 7.11 Å². The highest BCUT2D eigenvalue weighted by atomic mass is 35.5. The van der Waals surface area contributed by atoms with Gasteiger partial charge in [-0.1, -0.05) is 13.8 Å². The van der Waals surface area contributed by atoms with E-state index < -0.39 is 0 Å². The van der Waals surface area contributed by atoms with E-state index in [9.17, 15) is 4.79 Å². The zero-order valence-electron chi connectivity index (χ0n) is 11.0. The number of hydrogen-bond donors (Lipinski definition) is 2. The molecule has 0 atom stereocenters. The molecule has 1 aliphatic heterocycles. The van der Waals surface area contributed by atoms with Crippen LogP contribution < -0.4 is 10.6 Å². The molecule has 1 heterocycles. The molecule has 17 heavy (non-hydrogen) atoms. The first-order valence-corrected chi connectivity index (χ1v) is 6.07. The van der Waals surface area contributed by atoms with Crippen molar-refractivity contribution in [3.8, 4) is 0 Å². The largest absolute Gasteiger partial charge is 0.384 e. The summed E-state index contributed by atoms with van der Waals surface area (Å²) in [6.45, 7) is 7.33. The van der Waals surface area contributed by atoms with Gasteiger partial charge in [-0.25, -0.2) is 0 Å². The number of ether oxygens (including phenoxy) is 1. The molecule has 0 unspecified atom stereocenters. The highest BCUT2D eigenvalue weighted by Crippen LogP contribution is 2.28. The molecule has 1 rings (SSSR count). The van der Waals surface area contributed by atoms with Crippen LogP contribution >= 0.6 is 12.4 Å². The molecule has 0 bridgehead atoms. The summed E-state index contributed by atoms with van der Waals surface area (Å²) in [5.41, 5.74) is 0.130. The van der Waals surface area contributed by atoms with Crippen LogP contribution in [0.2, 0.25) is 0 Å². The van der Waals surface area contributed by atoms with Gasteiger partial charge in [-0.15, -0.1) is 12.4 Å². The smallest absolute Gasteiger partial charge is 0.222 e. The molecule has 0 aromatic heterocycles. The number of carbonyl (C=O) groups excluding carboxylic acids is 1. The van der Waals surface area contributed by atoms with E-state index in [2.05, 4.69) is 10.6 Å². The lowest BCUT2D eigenvalue weighted by atomic mass is 9.79. The zero-order valence-corrected chi connectivity index (χ0v) is 11.9. The van der Waals surface area contributed by atoms with E-state index in [0.717, 1.165) is 39.1 Å². The summed E-state index contributed by atoms with van der Waals surface area (Å²) in [6, 6.07) is 0. The van der Waals surface area contributed by atoms with E-state index in [1.165, 1.54) is 0 Å². The molecular formula is C12H25ClN2O2. The summed E-state index contributed by atoms with van der Waals surface area (Å²) in [7, 11) is 1.73. The normalized spacial score (nSPS) is 18.6. The van der Waals surface area contributed by atoms with Crippen molar-refractivity contribution in [2.24, 2.45) is 11.3 Å². The Morgan fingerprint density at radius 1 is 1.41 bits per heavy atom. The second kappa shape index (κ2) is 7.90. The quantitative estimate of drug-likeness (QED) is 0.785. The molecule has 1 aliphatic rings. The van der Waals surface area contributed by atoms with E-state index in [1.807, 2.05) is 13.8 Å². The van der Waals surface area contributed by atoms with Crippen LogP contribution in [0.15, 0.2) is 0 Å². The first kappa shape index (κ1) is 16.7. The van der Waals surface area contributed by atoms with Gasteiger partial charge in [-0.3, -0.25) is 4.79 Å². The number of hydrogen-bond acceptors (Lipinski definition) is 3. The summed E-state index contributed by atoms with van der Waals surface area (Å²) in [5.74, 6) is 0.190. The lowest BCUT2D eigenvalue weighted by molar-refractivity contribution is -0.124. The maximum Gasteiger partial charge on any atom is 0.222 e. The minimum atomic E-state index is 0. The molecule has 1 saturated heterocycles. The van der Waals surface area contributed by atoms with E-state index in [0.29, 0.717) is 0 Å². The van der Waals surface area contributed by atoms with Crippen molar-refractivity contribution in [1.82, 2.24) is 10.6 Å². The second-order valence-electron chi connectivity index (χ2n) is 5.06. The Kier molecular flexibility index (Phi) is 7.75. The van der Waals surface area contributed by atoms with Crippen LogP contribution in [0.4, 0.5) is 0 Å². The lowest BCUT2D eigenvalue weighted by Gasteiger charge is -2.37. The van der Waals surface area contributed by atoms with Crippen molar-refractivity contribution < 1.29 is 9.53 Å². The SMILES string of the molecule is COCC1(CNC(=O)C(C)C)CCNCC1.Cl. The molecule has 102 valence electrons. The van der Waals surface area contributed by atoms with Gasteiger partial charge >= 0.3 is 0 Å². The van der Waals surface area contributed by atoms with Gasteiger partial charge in [-0.2, -0.15) is 0 Å².